The summed E-state index contributed by atoms with van der Waals surface area (Å²) in [7, 11) is 1.97. The molecule has 17 heavy (non-hydrogen) atoms. The number of aryl methyl sites for hydroxylation is 1. The molecule has 92 valence electrons. The van der Waals surface area contributed by atoms with Gasteiger partial charge < -0.3 is 10.1 Å². The number of benzene rings is 1. The van der Waals surface area contributed by atoms with Gasteiger partial charge in [0.05, 0.1) is 12.6 Å². The Labute approximate surface area is 111 Å². The number of allylic oxidation sites excluding steroid dienone is 1. The second kappa shape index (κ2) is 5.69. The first-order chi connectivity index (χ1) is 8.22. The Kier molecular flexibility index (Phi) is 4.24. The van der Waals surface area contributed by atoms with E-state index in [1.165, 1.54) is 11.1 Å². The first kappa shape index (κ1) is 12.7. The lowest BCUT2D eigenvalue weighted by atomic mass is 10.0. The van der Waals surface area contributed by atoms with Crippen molar-refractivity contribution in [2.24, 2.45) is 0 Å². The number of nitrogens with one attached hydrogen (secondary N) is 1. The maximum Gasteiger partial charge on any atom is 0.113 e. The zero-order valence-corrected chi connectivity index (χ0v) is 11.9. The molecule has 1 unspecified atom stereocenters. The van der Waals surface area contributed by atoms with E-state index in [4.69, 9.17) is 4.74 Å². The van der Waals surface area contributed by atoms with Gasteiger partial charge in [0.25, 0.3) is 0 Å². The minimum Gasteiger partial charge on any atom is -0.496 e. The van der Waals surface area contributed by atoms with Crippen LogP contribution in [0.5, 0.6) is 0 Å². The van der Waals surface area contributed by atoms with Crippen molar-refractivity contribution >= 4 is 15.9 Å². The van der Waals surface area contributed by atoms with Crippen LogP contribution >= 0.6 is 15.9 Å². The first-order valence-electron chi connectivity index (χ1n) is 5.98. The van der Waals surface area contributed by atoms with Crippen LogP contribution in [0.3, 0.4) is 0 Å². The number of ether oxygens (including phenoxy) is 1. The molecule has 1 aliphatic rings. The first-order valence-corrected chi connectivity index (χ1v) is 6.78. The molecule has 2 rings (SSSR count). The van der Waals surface area contributed by atoms with E-state index >= 15 is 0 Å². The quantitative estimate of drug-likeness (QED) is 0.918. The third-order valence-electron chi connectivity index (χ3n) is 3.07. The van der Waals surface area contributed by atoms with E-state index in [0.717, 1.165) is 29.7 Å². The maximum atomic E-state index is 5.74. The summed E-state index contributed by atoms with van der Waals surface area (Å²) in [5, 5.41) is 3.32. The Morgan fingerprint density at radius 1 is 1.41 bits per heavy atom. The lowest BCUT2D eigenvalue weighted by molar-refractivity contribution is 0.169. The molecule has 1 heterocycles. The summed E-state index contributed by atoms with van der Waals surface area (Å²) in [5.74, 6) is 1.05. The van der Waals surface area contributed by atoms with Gasteiger partial charge in [-0.25, -0.2) is 0 Å². The van der Waals surface area contributed by atoms with Crippen LogP contribution in [0, 0.1) is 6.92 Å². The highest BCUT2D eigenvalue weighted by atomic mass is 79.9. The van der Waals surface area contributed by atoms with Crippen LogP contribution in [-0.4, -0.2) is 13.7 Å². The number of hydrogen-bond donors (Lipinski definition) is 1. The number of hydrogen-bond acceptors (Lipinski definition) is 2. The zero-order chi connectivity index (χ0) is 12.3. The molecule has 0 amide bonds. The van der Waals surface area contributed by atoms with Crippen LogP contribution in [-0.2, 0) is 4.74 Å². The van der Waals surface area contributed by atoms with Crippen LogP contribution in [0.15, 0.2) is 34.5 Å². The lowest BCUT2D eigenvalue weighted by Crippen LogP contribution is -2.22. The van der Waals surface area contributed by atoms with E-state index in [2.05, 4.69) is 52.4 Å². The van der Waals surface area contributed by atoms with Crippen LogP contribution in [0.25, 0.3) is 0 Å². The molecule has 0 aliphatic carbocycles. The summed E-state index contributed by atoms with van der Waals surface area (Å²) >= 11 is 3.58. The second-order valence-corrected chi connectivity index (χ2v) is 5.18. The summed E-state index contributed by atoms with van der Waals surface area (Å²) in [4.78, 5) is 0. The molecule has 3 heteroatoms. The molecule has 0 fully saturated rings. The van der Waals surface area contributed by atoms with Crippen molar-refractivity contribution in [2.75, 3.05) is 13.7 Å². The van der Waals surface area contributed by atoms with E-state index in [9.17, 15) is 0 Å². The third kappa shape index (κ3) is 2.90. The lowest BCUT2D eigenvalue weighted by Gasteiger charge is -2.24. The fourth-order valence-corrected chi connectivity index (χ4v) is 2.44. The molecule has 2 nitrogen and oxygen atoms in total. The normalized spacial score (nSPS) is 17.2. The minimum atomic E-state index is 0.159. The Bertz CT molecular complexity index is 428. The van der Waals surface area contributed by atoms with Crippen LogP contribution < -0.4 is 5.32 Å². The highest BCUT2D eigenvalue weighted by molar-refractivity contribution is 9.10. The van der Waals surface area contributed by atoms with Crippen molar-refractivity contribution < 1.29 is 4.74 Å². The summed E-state index contributed by atoms with van der Waals surface area (Å²) in [6.45, 7) is 2.93. The Morgan fingerprint density at radius 3 is 2.82 bits per heavy atom. The molecular formula is C14H18BrNO. The van der Waals surface area contributed by atoms with Gasteiger partial charge >= 0.3 is 0 Å². The molecule has 1 aromatic rings. The van der Waals surface area contributed by atoms with E-state index in [1.807, 2.05) is 7.05 Å². The molecule has 1 N–H and O–H groups in total. The van der Waals surface area contributed by atoms with E-state index in [-0.39, 0.29) is 6.04 Å². The Hall–Kier alpha value is -0.800. The van der Waals surface area contributed by atoms with Gasteiger partial charge in [0.15, 0.2) is 0 Å². The fraction of sp³-hybridized carbons (Fsp3) is 0.429. The van der Waals surface area contributed by atoms with E-state index in [1.54, 1.807) is 0 Å². The van der Waals surface area contributed by atoms with Gasteiger partial charge in [0.2, 0.25) is 0 Å². The minimum absolute atomic E-state index is 0.159. The molecule has 1 aliphatic heterocycles. The molecule has 0 aromatic heterocycles. The predicted molar refractivity (Wildman–Crippen MR) is 73.9 cm³/mol. The van der Waals surface area contributed by atoms with E-state index < -0.39 is 0 Å². The largest absolute Gasteiger partial charge is 0.496 e. The summed E-state index contributed by atoms with van der Waals surface area (Å²) in [5.41, 5.74) is 2.49. The molecule has 0 spiro atoms. The monoisotopic (exact) mass is 295 g/mol. The van der Waals surface area contributed by atoms with Crippen LogP contribution in [0.2, 0.25) is 0 Å². The predicted octanol–water partition coefficient (Wildman–Crippen LogP) is 3.71. The van der Waals surface area contributed by atoms with Gasteiger partial charge in [-0.15, -0.1) is 0 Å². The SMILES string of the molecule is CNC(C1=CCCCO1)c1ccc(C)c(Br)c1. The van der Waals surface area contributed by atoms with Gasteiger partial charge in [-0.3, -0.25) is 0 Å². The van der Waals surface area contributed by atoms with Crippen molar-refractivity contribution in [3.63, 3.8) is 0 Å². The van der Waals surface area contributed by atoms with Crippen molar-refractivity contribution in [3.05, 3.63) is 45.6 Å². The highest BCUT2D eigenvalue weighted by Gasteiger charge is 2.18. The smallest absolute Gasteiger partial charge is 0.113 e. The molecule has 1 aromatic carbocycles. The van der Waals surface area contributed by atoms with Crippen LogP contribution in [0.4, 0.5) is 0 Å². The highest BCUT2D eigenvalue weighted by Crippen LogP contribution is 2.28. The molecular weight excluding hydrogens is 278 g/mol. The molecule has 0 saturated heterocycles. The van der Waals surface area contributed by atoms with Gasteiger partial charge in [0.1, 0.15) is 5.76 Å². The summed E-state index contributed by atoms with van der Waals surface area (Å²) in [6.07, 6.45) is 4.43. The summed E-state index contributed by atoms with van der Waals surface area (Å²) < 4.78 is 6.88. The maximum absolute atomic E-state index is 5.74. The van der Waals surface area contributed by atoms with Crippen molar-refractivity contribution in [1.29, 1.82) is 0 Å². The number of halogens is 1. The van der Waals surface area contributed by atoms with E-state index in [0.29, 0.717) is 0 Å². The number of likely N-dealkylation sites (N-methyl/N-ethyl adjacent to an activating group) is 1. The average molecular weight is 296 g/mol. The standard InChI is InChI=1S/C14H18BrNO/c1-10-6-7-11(9-12(10)15)14(16-2)13-5-3-4-8-17-13/h5-7,9,14,16H,3-4,8H2,1-2H3. The molecule has 0 saturated carbocycles. The van der Waals surface area contributed by atoms with Gasteiger partial charge in [-0.2, -0.15) is 0 Å². The number of rotatable bonds is 3. The topological polar surface area (TPSA) is 21.3 Å². The second-order valence-electron chi connectivity index (χ2n) is 4.33. The van der Waals surface area contributed by atoms with Crippen LogP contribution in [0.1, 0.15) is 30.0 Å². The zero-order valence-electron chi connectivity index (χ0n) is 10.3. The fourth-order valence-electron chi connectivity index (χ4n) is 2.04. The Balaban J connectivity index is 2.28. The van der Waals surface area contributed by atoms with Gasteiger partial charge in [-0.1, -0.05) is 28.1 Å². The average Bonchev–Trinajstić information content (AvgIpc) is 2.36. The molecule has 0 bridgehead atoms. The Morgan fingerprint density at radius 2 is 2.24 bits per heavy atom. The third-order valence-corrected chi connectivity index (χ3v) is 3.92. The van der Waals surface area contributed by atoms with Crippen molar-refractivity contribution in [2.45, 2.75) is 25.8 Å². The van der Waals surface area contributed by atoms with Gasteiger partial charge in [-0.05, 0) is 50.1 Å². The molecule has 0 radical (unpaired) electrons. The van der Waals surface area contributed by atoms with Crippen molar-refractivity contribution in [3.8, 4) is 0 Å². The van der Waals surface area contributed by atoms with Gasteiger partial charge in [0, 0.05) is 4.47 Å². The summed E-state index contributed by atoms with van der Waals surface area (Å²) in [6, 6.07) is 6.61. The van der Waals surface area contributed by atoms with Crippen molar-refractivity contribution in [1.82, 2.24) is 5.32 Å². The molecule has 1 atom stereocenters.